The fourth-order valence-corrected chi connectivity index (χ4v) is 1.27. The van der Waals surface area contributed by atoms with Crippen molar-refractivity contribution in [2.75, 3.05) is 0 Å². The molecule has 1 aliphatic rings. The maximum atomic E-state index is 10.7. The first-order valence-electron chi connectivity index (χ1n) is 3.02. The molecule has 0 aromatic carbocycles. The second kappa shape index (κ2) is 2.23. The summed E-state index contributed by atoms with van der Waals surface area (Å²) >= 11 is 3.25. The Morgan fingerprint density at radius 3 is 3.09 bits per heavy atom. The first-order chi connectivity index (χ1) is 5.25. The van der Waals surface area contributed by atoms with Gasteiger partial charge in [-0.15, -0.1) is 0 Å². The normalized spacial score (nSPS) is 13.7. The highest BCUT2D eigenvalue weighted by atomic mass is 79.9. The average molecular weight is 211 g/mol. The van der Waals surface area contributed by atoms with Crippen LogP contribution in [-0.4, -0.2) is 10.9 Å². The minimum atomic E-state index is -0.231. The van der Waals surface area contributed by atoms with Crippen molar-refractivity contribution in [2.45, 2.75) is 0 Å². The molecule has 0 N–H and O–H groups in total. The molecule has 0 aliphatic carbocycles. The number of aromatic nitrogens is 1. The minimum absolute atomic E-state index is 0.231. The molecule has 0 unspecified atom stereocenters. The molecule has 0 saturated heterocycles. The molecule has 1 aromatic heterocycles. The average Bonchev–Trinajstić information content (AvgIpc) is 2.27. The Labute approximate surface area is 70.6 Å². The molecule has 0 saturated carbocycles. The Hall–Kier alpha value is -1.03. The van der Waals surface area contributed by atoms with Crippen LogP contribution < -0.4 is 10.7 Å². The van der Waals surface area contributed by atoms with E-state index in [0.29, 0.717) is 5.49 Å². The summed E-state index contributed by atoms with van der Waals surface area (Å²) in [5.74, 6) is -0.231. The van der Waals surface area contributed by atoms with Crippen LogP contribution in [0.2, 0.25) is 0 Å². The summed E-state index contributed by atoms with van der Waals surface area (Å²) in [5, 5.41) is 0.782. The van der Waals surface area contributed by atoms with Crippen LogP contribution in [0.25, 0.3) is 6.08 Å². The Kier molecular flexibility index (Phi) is 1.35. The molecule has 0 atom stereocenters. The van der Waals surface area contributed by atoms with Crippen molar-refractivity contribution >= 4 is 27.9 Å². The predicted molar refractivity (Wildman–Crippen MR) is 42.2 cm³/mol. The van der Waals surface area contributed by atoms with E-state index in [1.165, 1.54) is 6.08 Å². The van der Waals surface area contributed by atoms with Crippen LogP contribution in [-0.2, 0) is 4.79 Å². The van der Waals surface area contributed by atoms with Crippen molar-refractivity contribution in [3.63, 3.8) is 0 Å². The number of halogens is 1. The van der Waals surface area contributed by atoms with Crippen LogP contribution in [0.15, 0.2) is 21.7 Å². The van der Waals surface area contributed by atoms with E-state index in [4.69, 9.17) is 0 Å². The number of nitrogens with zero attached hydrogens (tertiary/aromatic N) is 2. The van der Waals surface area contributed by atoms with Gasteiger partial charge < -0.3 is 0 Å². The van der Waals surface area contributed by atoms with Gasteiger partial charge >= 0.3 is 0 Å². The number of pyridine rings is 1. The zero-order valence-electron chi connectivity index (χ0n) is 5.41. The van der Waals surface area contributed by atoms with Crippen LogP contribution in [0, 0.1) is 0 Å². The van der Waals surface area contributed by atoms with Gasteiger partial charge in [0.2, 0.25) is 0 Å². The van der Waals surface area contributed by atoms with E-state index in [2.05, 4.69) is 25.9 Å². The molecule has 2 rings (SSSR count). The number of hydrogen-bond acceptors (Lipinski definition) is 2. The van der Waals surface area contributed by atoms with Gasteiger partial charge in [0.05, 0.1) is 0 Å². The third kappa shape index (κ3) is 1.09. The zero-order valence-corrected chi connectivity index (χ0v) is 7.00. The van der Waals surface area contributed by atoms with Crippen molar-refractivity contribution in [1.82, 2.24) is 4.98 Å². The molecule has 0 fully saturated rings. The van der Waals surface area contributed by atoms with Crippen LogP contribution >= 0.6 is 15.9 Å². The molecule has 2 heterocycles. The topological polar surface area (TPSA) is 42.3 Å². The molecule has 3 nitrogen and oxygen atoms in total. The Morgan fingerprint density at radius 2 is 2.27 bits per heavy atom. The van der Waals surface area contributed by atoms with E-state index in [-0.39, 0.29) is 5.91 Å². The summed E-state index contributed by atoms with van der Waals surface area (Å²) < 4.78 is 0.859. The summed E-state index contributed by atoms with van der Waals surface area (Å²) in [6.07, 6.45) is 3.09. The highest BCUT2D eigenvalue weighted by Crippen LogP contribution is 2.00. The lowest BCUT2D eigenvalue weighted by atomic mass is 10.4. The summed E-state index contributed by atoms with van der Waals surface area (Å²) in [6.45, 7) is 0. The van der Waals surface area contributed by atoms with E-state index in [9.17, 15) is 4.79 Å². The minimum Gasteiger partial charge on any atom is -0.267 e. The highest BCUT2D eigenvalue weighted by molar-refractivity contribution is 9.10. The third-order valence-electron chi connectivity index (χ3n) is 1.36. The number of fused-ring (bicyclic) bond motifs is 1. The number of amides is 1. The SMILES string of the molecule is O=C1C=c2cc(Br)cnc2=N1. The summed E-state index contributed by atoms with van der Waals surface area (Å²) in [5.41, 5.74) is 0.512. The molecule has 54 valence electrons. The maximum Gasteiger partial charge on any atom is 0.272 e. The van der Waals surface area contributed by atoms with Gasteiger partial charge in [0, 0.05) is 22.0 Å². The van der Waals surface area contributed by atoms with Crippen molar-refractivity contribution < 1.29 is 4.79 Å². The van der Waals surface area contributed by atoms with Gasteiger partial charge in [-0.05, 0) is 22.0 Å². The third-order valence-corrected chi connectivity index (χ3v) is 1.79. The quantitative estimate of drug-likeness (QED) is 0.595. The second-order valence-corrected chi connectivity index (χ2v) is 3.08. The van der Waals surface area contributed by atoms with Crippen molar-refractivity contribution in [1.29, 1.82) is 0 Å². The van der Waals surface area contributed by atoms with Crippen molar-refractivity contribution in [3.8, 4) is 0 Å². The maximum absolute atomic E-state index is 10.7. The largest absolute Gasteiger partial charge is 0.272 e. The first kappa shape index (κ1) is 6.67. The molecule has 1 aromatic rings. The van der Waals surface area contributed by atoms with E-state index < -0.39 is 0 Å². The number of carbonyl (C=O) groups excluding carboxylic acids is 1. The lowest BCUT2D eigenvalue weighted by molar-refractivity contribution is -0.112. The Balaban J connectivity index is 2.89. The van der Waals surface area contributed by atoms with Crippen LogP contribution in [0.4, 0.5) is 0 Å². The molecule has 4 heteroatoms. The van der Waals surface area contributed by atoms with E-state index >= 15 is 0 Å². The molecular formula is C7H3BrN2O. The lowest BCUT2D eigenvalue weighted by Crippen LogP contribution is -2.24. The molecule has 0 radical (unpaired) electrons. The summed E-state index contributed by atoms with van der Waals surface area (Å²) in [7, 11) is 0. The number of rotatable bonds is 0. The van der Waals surface area contributed by atoms with Gasteiger partial charge in [0.25, 0.3) is 5.91 Å². The molecule has 0 spiro atoms. The van der Waals surface area contributed by atoms with Crippen molar-refractivity contribution in [2.24, 2.45) is 4.99 Å². The molecule has 1 amide bonds. The standard InChI is InChI=1S/C7H3BrN2O/c8-5-1-4-2-6(11)10-7(4)9-3-5/h1-3H. The van der Waals surface area contributed by atoms with E-state index in [1.54, 1.807) is 6.20 Å². The van der Waals surface area contributed by atoms with Crippen LogP contribution in [0.3, 0.4) is 0 Å². The van der Waals surface area contributed by atoms with Crippen LogP contribution in [0.5, 0.6) is 0 Å². The van der Waals surface area contributed by atoms with Gasteiger partial charge in [0.1, 0.15) is 0 Å². The molecular weight excluding hydrogens is 208 g/mol. The smallest absolute Gasteiger partial charge is 0.267 e. The van der Waals surface area contributed by atoms with E-state index in [0.717, 1.165) is 9.69 Å². The highest BCUT2D eigenvalue weighted by Gasteiger charge is 2.03. The van der Waals surface area contributed by atoms with Gasteiger partial charge in [-0.2, -0.15) is 4.99 Å². The Morgan fingerprint density at radius 1 is 1.45 bits per heavy atom. The molecule has 1 aliphatic heterocycles. The van der Waals surface area contributed by atoms with Gasteiger partial charge in [0.15, 0.2) is 5.49 Å². The first-order valence-corrected chi connectivity index (χ1v) is 3.81. The van der Waals surface area contributed by atoms with Gasteiger partial charge in [-0.25, -0.2) is 4.98 Å². The fraction of sp³-hybridized carbons (Fsp3) is 0. The van der Waals surface area contributed by atoms with Crippen molar-refractivity contribution in [3.05, 3.63) is 27.4 Å². The van der Waals surface area contributed by atoms with Crippen LogP contribution in [0.1, 0.15) is 0 Å². The van der Waals surface area contributed by atoms with Gasteiger partial charge in [-0.3, -0.25) is 4.79 Å². The summed E-state index contributed by atoms with van der Waals surface area (Å²) in [4.78, 5) is 18.3. The fourth-order valence-electron chi connectivity index (χ4n) is 0.917. The number of hydrogen-bond donors (Lipinski definition) is 0. The van der Waals surface area contributed by atoms with E-state index in [1.807, 2.05) is 6.07 Å². The summed E-state index contributed by atoms with van der Waals surface area (Å²) in [6, 6.07) is 1.82. The lowest BCUT2D eigenvalue weighted by Gasteiger charge is -1.83. The predicted octanol–water partition coefficient (Wildman–Crippen LogP) is -0.216. The molecule has 0 bridgehead atoms. The molecule has 11 heavy (non-hydrogen) atoms. The monoisotopic (exact) mass is 210 g/mol. The zero-order chi connectivity index (χ0) is 7.84. The Bertz CT molecular complexity index is 438. The second-order valence-electron chi connectivity index (χ2n) is 2.16. The van der Waals surface area contributed by atoms with Gasteiger partial charge in [-0.1, -0.05) is 0 Å². The number of carbonyl (C=O) groups is 1.